The summed E-state index contributed by atoms with van der Waals surface area (Å²) in [5.41, 5.74) is 1.77. The Morgan fingerprint density at radius 3 is 2.67 bits per heavy atom. The lowest BCUT2D eigenvalue weighted by molar-refractivity contribution is -0.115. The van der Waals surface area contributed by atoms with Gasteiger partial charge in [0, 0.05) is 23.7 Å². The summed E-state index contributed by atoms with van der Waals surface area (Å²) in [5.74, 6) is 0.162. The van der Waals surface area contributed by atoms with Gasteiger partial charge in [0.1, 0.15) is 0 Å². The molecule has 7 heteroatoms. The second-order valence-electron chi connectivity index (χ2n) is 7.49. The Morgan fingerprint density at radius 1 is 1.13 bits per heavy atom. The predicted molar refractivity (Wildman–Crippen MR) is 118 cm³/mol. The van der Waals surface area contributed by atoms with Gasteiger partial charge < -0.3 is 20.3 Å². The van der Waals surface area contributed by atoms with Gasteiger partial charge in [-0.05, 0) is 67.9 Å². The van der Waals surface area contributed by atoms with Crippen molar-refractivity contribution in [3.8, 4) is 5.75 Å². The van der Waals surface area contributed by atoms with Crippen LogP contribution in [0.5, 0.6) is 5.75 Å². The van der Waals surface area contributed by atoms with E-state index in [1.165, 1.54) is 19.3 Å². The van der Waals surface area contributed by atoms with Crippen molar-refractivity contribution < 1.29 is 14.3 Å². The smallest absolute Gasteiger partial charge is 0.291 e. The second-order valence-corrected chi connectivity index (χ2v) is 7.92. The fraction of sp³-hybridized carbons (Fsp3) is 0.304. The number of hydrogen-bond acceptors (Lipinski definition) is 4. The van der Waals surface area contributed by atoms with E-state index in [9.17, 15) is 9.59 Å². The summed E-state index contributed by atoms with van der Waals surface area (Å²) in [4.78, 5) is 27.3. The van der Waals surface area contributed by atoms with Gasteiger partial charge in [-0.1, -0.05) is 30.2 Å². The average molecular weight is 426 g/mol. The van der Waals surface area contributed by atoms with Crippen LogP contribution in [0.25, 0.3) is 6.08 Å². The van der Waals surface area contributed by atoms with Gasteiger partial charge in [0.15, 0.2) is 11.5 Å². The molecular weight excluding hydrogens is 402 g/mol. The maximum atomic E-state index is 12.5. The van der Waals surface area contributed by atoms with Crippen LogP contribution >= 0.6 is 11.6 Å². The highest BCUT2D eigenvalue weighted by molar-refractivity contribution is 6.30. The minimum absolute atomic E-state index is 0.161. The van der Waals surface area contributed by atoms with Crippen LogP contribution in [-0.2, 0) is 4.79 Å². The molecule has 0 atom stereocenters. The van der Waals surface area contributed by atoms with Gasteiger partial charge in [-0.3, -0.25) is 9.59 Å². The van der Waals surface area contributed by atoms with Gasteiger partial charge in [0.25, 0.3) is 11.8 Å². The monoisotopic (exact) mass is 425 g/mol. The SMILES string of the molecule is O=C1Nc2cc(C(=O)NCCN3CCCCC3)ccc2O/C1=C/c1ccc(Cl)cc1. The topological polar surface area (TPSA) is 70.7 Å². The Bertz CT molecular complexity index is 966. The van der Waals surface area contributed by atoms with Crippen LogP contribution in [0.1, 0.15) is 35.2 Å². The Labute approximate surface area is 180 Å². The molecule has 2 aromatic rings. The minimum atomic E-state index is -0.361. The summed E-state index contributed by atoms with van der Waals surface area (Å²) in [5, 5.41) is 6.38. The van der Waals surface area contributed by atoms with Crippen LogP contribution in [0.2, 0.25) is 5.02 Å². The lowest BCUT2D eigenvalue weighted by Crippen LogP contribution is -2.37. The number of rotatable bonds is 5. The molecule has 4 rings (SSSR count). The molecule has 2 amide bonds. The van der Waals surface area contributed by atoms with E-state index in [0.717, 1.165) is 25.2 Å². The number of ether oxygens (including phenoxy) is 1. The molecule has 156 valence electrons. The van der Waals surface area contributed by atoms with Gasteiger partial charge in [0.05, 0.1) is 5.69 Å². The van der Waals surface area contributed by atoms with Crippen LogP contribution in [0.4, 0.5) is 5.69 Å². The summed E-state index contributed by atoms with van der Waals surface area (Å²) < 4.78 is 5.75. The van der Waals surface area contributed by atoms with E-state index in [4.69, 9.17) is 16.3 Å². The normalized spacial score (nSPS) is 17.8. The molecule has 0 saturated carbocycles. The molecule has 0 aliphatic carbocycles. The molecule has 2 aliphatic heterocycles. The standard InChI is InChI=1S/C23H24ClN3O3/c24-18-7-4-16(5-8-18)14-21-23(29)26-19-15-17(6-9-20(19)30-21)22(28)25-10-13-27-11-2-1-3-12-27/h4-9,14-15H,1-3,10-13H2,(H,25,28)(H,26,29)/b21-14+. The molecule has 0 spiro atoms. The molecular formula is C23H24ClN3O3. The molecule has 0 aromatic heterocycles. The van der Waals surface area contributed by atoms with Crippen molar-refractivity contribution in [1.29, 1.82) is 0 Å². The fourth-order valence-electron chi connectivity index (χ4n) is 3.62. The van der Waals surface area contributed by atoms with Crippen molar-refractivity contribution in [3.63, 3.8) is 0 Å². The van der Waals surface area contributed by atoms with Crippen molar-refractivity contribution in [1.82, 2.24) is 10.2 Å². The summed E-state index contributed by atoms with van der Waals surface area (Å²) in [6, 6.07) is 12.1. The van der Waals surface area contributed by atoms with Crippen molar-refractivity contribution in [3.05, 3.63) is 64.4 Å². The molecule has 1 saturated heterocycles. The maximum Gasteiger partial charge on any atom is 0.291 e. The van der Waals surface area contributed by atoms with E-state index >= 15 is 0 Å². The minimum Gasteiger partial charge on any atom is -0.449 e. The van der Waals surface area contributed by atoms with E-state index in [2.05, 4.69) is 15.5 Å². The number of carbonyl (C=O) groups excluding carboxylic acids is 2. The van der Waals surface area contributed by atoms with E-state index in [0.29, 0.717) is 28.6 Å². The first-order chi connectivity index (χ1) is 14.6. The highest BCUT2D eigenvalue weighted by Gasteiger charge is 2.23. The maximum absolute atomic E-state index is 12.5. The van der Waals surface area contributed by atoms with Crippen LogP contribution in [-0.4, -0.2) is 42.9 Å². The van der Waals surface area contributed by atoms with Crippen molar-refractivity contribution in [2.24, 2.45) is 0 Å². The molecule has 2 aromatic carbocycles. The van der Waals surface area contributed by atoms with Gasteiger partial charge in [-0.25, -0.2) is 0 Å². The van der Waals surface area contributed by atoms with E-state index in [1.807, 2.05) is 0 Å². The van der Waals surface area contributed by atoms with Crippen LogP contribution < -0.4 is 15.4 Å². The number of amides is 2. The third-order valence-corrected chi connectivity index (χ3v) is 5.52. The molecule has 6 nitrogen and oxygen atoms in total. The molecule has 30 heavy (non-hydrogen) atoms. The number of piperidine rings is 1. The summed E-state index contributed by atoms with van der Waals surface area (Å²) >= 11 is 5.90. The zero-order valence-corrected chi connectivity index (χ0v) is 17.4. The molecule has 0 radical (unpaired) electrons. The number of halogens is 1. The number of likely N-dealkylation sites (tertiary alicyclic amines) is 1. The highest BCUT2D eigenvalue weighted by Crippen LogP contribution is 2.32. The third kappa shape index (κ3) is 5.01. The lowest BCUT2D eigenvalue weighted by atomic mass is 10.1. The molecule has 2 aliphatic rings. The van der Waals surface area contributed by atoms with E-state index < -0.39 is 0 Å². The first-order valence-electron chi connectivity index (χ1n) is 10.2. The van der Waals surface area contributed by atoms with Crippen molar-refractivity contribution in [2.75, 3.05) is 31.5 Å². The molecule has 2 N–H and O–H groups in total. The van der Waals surface area contributed by atoms with Gasteiger partial charge >= 0.3 is 0 Å². The van der Waals surface area contributed by atoms with Crippen molar-refractivity contribution in [2.45, 2.75) is 19.3 Å². The summed E-state index contributed by atoms with van der Waals surface area (Å²) in [6.45, 7) is 3.66. The molecule has 2 heterocycles. The number of nitrogens with one attached hydrogen (secondary N) is 2. The van der Waals surface area contributed by atoms with Crippen LogP contribution in [0, 0.1) is 0 Å². The lowest BCUT2D eigenvalue weighted by Gasteiger charge is -2.26. The van der Waals surface area contributed by atoms with Crippen molar-refractivity contribution >= 4 is 35.2 Å². The van der Waals surface area contributed by atoms with Crippen LogP contribution in [0.15, 0.2) is 48.2 Å². The third-order valence-electron chi connectivity index (χ3n) is 5.26. The number of fused-ring (bicyclic) bond motifs is 1. The Hall–Kier alpha value is -2.83. The highest BCUT2D eigenvalue weighted by atomic mass is 35.5. The zero-order chi connectivity index (χ0) is 20.9. The quantitative estimate of drug-likeness (QED) is 0.712. The number of hydrogen-bond donors (Lipinski definition) is 2. The largest absolute Gasteiger partial charge is 0.449 e. The van der Waals surface area contributed by atoms with Gasteiger partial charge in [-0.2, -0.15) is 0 Å². The second kappa shape index (κ2) is 9.32. The van der Waals surface area contributed by atoms with Crippen LogP contribution in [0.3, 0.4) is 0 Å². The Balaban J connectivity index is 1.39. The average Bonchev–Trinajstić information content (AvgIpc) is 2.76. The predicted octanol–water partition coefficient (Wildman–Crippen LogP) is 3.93. The molecule has 0 unspecified atom stereocenters. The molecule has 1 fully saturated rings. The van der Waals surface area contributed by atoms with Gasteiger partial charge in [0.2, 0.25) is 0 Å². The number of nitrogens with zero attached hydrogens (tertiary/aromatic N) is 1. The number of carbonyl (C=O) groups is 2. The first-order valence-corrected chi connectivity index (χ1v) is 10.6. The van der Waals surface area contributed by atoms with Gasteiger partial charge in [-0.15, -0.1) is 0 Å². The first kappa shape index (κ1) is 20.4. The summed E-state index contributed by atoms with van der Waals surface area (Å²) in [7, 11) is 0. The fourth-order valence-corrected chi connectivity index (χ4v) is 3.75. The summed E-state index contributed by atoms with van der Waals surface area (Å²) in [6.07, 6.45) is 5.40. The number of anilines is 1. The number of benzene rings is 2. The molecule has 0 bridgehead atoms. The zero-order valence-electron chi connectivity index (χ0n) is 16.6. The van der Waals surface area contributed by atoms with E-state index in [-0.39, 0.29) is 17.6 Å². The Kier molecular flexibility index (Phi) is 6.35. The van der Waals surface area contributed by atoms with E-state index in [1.54, 1.807) is 48.5 Å². The Morgan fingerprint density at radius 2 is 1.90 bits per heavy atom.